The van der Waals surface area contributed by atoms with E-state index in [4.69, 9.17) is 0 Å². The van der Waals surface area contributed by atoms with E-state index in [9.17, 15) is 4.79 Å². The maximum absolute atomic E-state index is 12.0. The van der Waals surface area contributed by atoms with Crippen LogP contribution in [-0.4, -0.2) is 36.5 Å². The fraction of sp³-hybridized carbons (Fsp3) is 0.933. The lowest BCUT2D eigenvalue weighted by Crippen LogP contribution is -2.43. The van der Waals surface area contributed by atoms with E-state index in [1.165, 1.54) is 38.5 Å². The van der Waals surface area contributed by atoms with Gasteiger partial charge in [0.2, 0.25) is 5.91 Å². The SMILES string of the molecule is CC(NCC(=O)N(C)C1CC1)C1CC2CCC1C2. The molecule has 3 fully saturated rings. The van der Waals surface area contributed by atoms with Crippen molar-refractivity contribution in [3.05, 3.63) is 0 Å². The monoisotopic (exact) mass is 250 g/mol. The fourth-order valence-corrected chi connectivity index (χ4v) is 4.10. The van der Waals surface area contributed by atoms with E-state index < -0.39 is 0 Å². The van der Waals surface area contributed by atoms with Gasteiger partial charge in [-0.25, -0.2) is 0 Å². The number of fused-ring (bicyclic) bond motifs is 2. The molecule has 2 bridgehead atoms. The van der Waals surface area contributed by atoms with Crippen LogP contribution in [0.2, 0.25) is 0 Å². The molecule has 3 rings (SSSR count). The molecule has 4 unspecified atom stereocenters. The summed E-state index contributed by atoms with van der Waals surface area (Å²) in [5.74, 6) is 3.03. The average Bonchev–Trinajstić information content (AvgIpc) is 3.02. The number of amides is 1. The molecule has 0 saturated heterocycles. The van der Waals surface area contributed by atoms with Crippen molar-refractivity contribution < 1.29 is 4.79 Å². The molecule has 4 atom stereocenters. The van der Waals surface area contributed by atoms with Gasteiger partial charge in [-0.1, -0.05) is 6.42 Å². The molecular weight excluding hydrogens is 224 g/mol. The first-order chi connectivity index (χ1) is 8.65. The minimum atomic E-state index is 0.271. The van der Waals surface area contributed by atoms with Gasteiger partial charge in [0.05, 0.1) is 6.54 Å². The van der Waals surface area contributed by atoms with Gasteiger partial charge >= 0.3 is 0 Å². The van der Waals surface area contributed by atoms with E-state index in [0.717, 1.165) is 17.8 Å². The van der Waals surface area contributed by atoms with E-state index in [-0.39, 0.29) is 5.91 Å². The van der Waals surface area contributed by atoms with Crippen molar-refractivity contribution in [2.45, 2.75) is 57.5 Å². The van der Waals surface area contributed by atoms with Crippen LogP contribution >= 0.6 is 0 Å². The molecule has 3 saturated carbocycles. The minimum absolute atomic E-state index is 0.271. The molecule has 0 aromatic carbocycles. The Kier molecular flexibility index (Phi) is 3.35. The topological polar surface area (TPSA) is 32.3 Å². The highest BCUT2D eigenvalue weighted by atomic mass is 16.2. The van der Waals surface area contributed by atoms with Gasteiger partial charge < -0.3 is 10.2 Å². The van der Waals surface area contributed by atoms with Crippen molar-refractivity contribution in [2.24, 2.45) is 17.8 Å². The van der Waals surface area contributed by atoms with Crippen molar-refractivity contribution in [1.82, 2.24) is 10.2 Å². The number of hydrogen-bond donors (Lipinski definition) is 1. The van der Waals surface area contributed by atoms with Gasteiger partial charge in [0.15, 0.2) is 0 Å². The summed E-state index contributed by atoms with van der Waals surface area (Å²) in [5.41, 5.74) is 0. The predicted molar refractivity (Wildman–Crippen MR) is 72.2 cm³/mol. The molecule has 3 nitrogen and oxygen atoms in total. The summed E-state index contributed by atoms with van der Waals surface area (Å²) in [6.07, 6.45) is 8.13. The lowest BCUT2D eigenvalue weighted by Gasteiger charge is -2.29. The standard InChI is InChI=1S/C15H26N2O/c1-10(14-8-11-3-4-12(14)7-11)16-9-15(18)17(2)13-5-6-13/h10-14,16H,3-9H2,1-2H3. The molecule has 0 aromatic heterocycles. The zero-order valence-electron chi connectivity index (χ0n) is 11.7. The van der Waals surface area contributed by atoms with E-state index in [1.807, 2.05) is 11.9 Å². The number of nitrogens with zero attached hydrogens (tertiary/aromatic N) is 1. The van der Waals surface area contributed by atoms with Crippen molar-refractivity contribution in [2.75, 3.05) is 13.6 Å². The van der Waals surface area contributed by atoms with Gasteiger partial charge in [-0.15, -0.1) is 0 Å². The second-order valence-corrected chi connectivity index (χ2v) is 6.74. The Hall–Kier alpha value is -0.570. The van der Waals surface area contributed by atoms with E-state index in [0.29, 0.717) is 18.6 Å². The van der Waals surface area contributed by atoms with Gasteiger partial charge in [0, 0.05) is 19.1 Å². The molecule has 102 valence electrons. The summed E-state index contributed by atoms with van der Waals surface area (Å²) < 4.78 is 0. The molecule has 0 radical (unpaired) electrons. The molecule has 1 N–H and O–H groups in total. The minimum Gasteiger partial charge on any atom is -0.342 e. The Balaban J connectivity index is 1.43. The van der Waals surface area contributed by atoms with E-state index >= 15 is 0 Å². The van der Waals surface area contributed by atoms with Gasteiger partial charge in [0.1, 0.15) is 0 Å². The summed E-state index contributed by atoms with van der Waals surface area (Å²) in [5, 5.41) is 3.48. The second-order valence-electron chi connectivity index (χ2n) is 6.74. The Morgan fingerprint density at radius 1 is 1.28 bits per heavy atom. The quantitative estimate of drug-likeness (QED) is 0.809. The van der Waals surface area contributed by atoms with Gasteiger partial charge in [-0.2, -0.15) is 0 Å². The predicted octanol–water partition coefficient (Wildman–Crippen LogP) is 2.02. The molecule has 3 aliphatic rings. The zero-order valence-corrected chi connectivity index (χ0v) is 11.7. The molecule has 1 amide bonds. The third-order valence-corrected chi connectivity index (χ3v) is 5.50. The van der Waals surface area contributed by atoms with Crippen molar-refractivity contribution >= 4 is 5.91 Å². The summed E-state index contributed by atoms with van der Waals surface area (Å²) >= 11 is 0. The molecule has 0 aliphatic heterocycles. The third kappa shape index (κ3) is 2.42. The van der Waals surface area contributed by atoms with Crippen LogP contribution in [0.25, 0.3) is 0 Å². The number of hydrogen-bond acceptors (Lipinski definition) is 2. The lowest BCUT2D eigenvalue weighted by atomic mass is 9.84. The maximum atomic E-state index is 12.0. The summed E-state index contributed by atoms with van der Waals surface area (Å²) in [4.78, 5) is 13.9. The van der Waals surface area contributed by atoms with Crippen LogP contribution in [-0.2, 0) is 4.79 Å². The lowest BCUT2D eigenvalue weighted by molar-refractivity contribution is -0.129. The van der Waals surface area contributed by atoms with E-state index in [1.54, 1.807) is 0 Å². The van der Waals surface area contributed by atoms with Crippen LogP contribution in [0.3, 0.4) is 0 Å². The third-order valence-electron chi connectivity index (χ3n) is 5.50. The smallest absolute Gasteiger partial charge is 0.236 e. The number of carbonyl (C=O) groups excluding carboxylic acids is 1. The summed E-state index contributed by atoms with van der Waals surface area (Å²) in [7, 11) is 1.95. The Bertz CT molecular complexity index is 326. The van der Waals surface area contributed by atoms with Gasteiger partial charge in [0.25, 0.3) is 0 Å². The highest BCUT2D eigenvalue weighted by Crippen LogP contribution is 2.49. The fourth-order valence-electron chi connectivity index (χ4n) is 4.10. The second kappa shape index (κ2) is 4.84. The van der Waals surface area contributed by atoms with Gasteiger partial charge in [-0.05, 0) is 56.8 Å². The largest absolute Gasteiger partial charge is 0.342 e. The Morgan fingerprint density at radius 2 is 2.06 bits per heavy atom. The molecule has 0 spiro atoms. The maximum Gasteiger partial charge on any atom is 0.236 e. The summed E-state index contributed by atoms with van der Waals surface area (Å²) in [6.45, 7) is 2.80. The van der Waals surface area contributed by atoms with E-state index in [2.05, 4.69) is 12.2 Å². The molecule has 3 heteroatoms. The molecular formula is C15H26N2O. The number of carbonyl (C=O) groups is 1. The first-order valence-electron chi connectivity index (χ1n) is 7.64. The normalized spacial score (nSPS) is 35.8. The highest BCUT2D eigenvalue weighted by molar-refractivity contribution is 5.78. The average molecular weight is 250 g/mol. The van der Waals surface area contributed by atoms with Crippen molar-refractivity contribution in [3.8, 4) is 0 Å². The molecule has 0 heterocycles. The van der Waals surface area contributed by atoms with Crippen LogP contribution in [0.4, 0.5) is 0 Å². The molecule has 0 aromatic rings. The first kappa shape index (κ1) is 12.5. The van der Waals surface area contributed by atoms with Gasteiger partial charge in [-0.3, -0.25) is 4.79 Å². The molecule has 18 heavy (non-hydrogen) atoms. The van der Waals surface area contributed by atoms with Crippen LogP contribution in [0, 0.1) is 17.8 Å². The van der Waals surface area contributed by atoms with Crippen LogP contribution < -0.4 is 5.32 Å². The van der Waals surface area contributed by atoms with Crippen molar-refractivity contribution in [1.29, 1.82) is 0 Å². The highest BCUT2D eigenvalue weighted by Gasteiger charge is 2.41. The molecule has 3 aliphatic carbocycles. The van der Waals surface area contributed by atoms with Crippen LogP contribution in [0.15, 0.2) is 0 Å². The number of likely N-dealkylation sites (N-methyl/N-ethyl adjacent to an activating group) is 1. The number of nitrogens with one attached hydrogen (secondary N) is 1. The zero-order chi connectivity index (χ0) is 12.7. The first-order valence-corrected chi connectivity index (χ1v) is 7.64. The Morgan fingerprint density at radius 3 is 2.61 bits per heavy atom. The van der Waals surface area contributed by atoms with Crippen molar-refractivity contribution in [3.63, 3.8) is 0 Å². The van der Waals surface area contributed by atoms with Crippen LogP contribution in [0.1, 0.15) is 45.4 Å². The Labute approximate surface area is 110 Å². The number of rotatable bonds is 5. The van der Waals surface area contributed by atoms with Crippen LogP contribution in [0.5, 0.6) is 0 Å². The summed E-state index contributed by atoms with van der Waals surface area (Å²) in [6, 6.07) is 1.05.